The quantitative estimate of drug-likeness (QED) is 0.624. The van der Waals surface area contributed by atoms with E-state index < -0.39 is 10.0 Å². The number of rotatable bonds is 1. The fourth-order valence-corrected chi connectivity index (χ4v) is 2.58. The lowest BCUT2D eigenvalue weighted by Gasteiger charge is -2.28. The van der Waals surface area contributed by atoms with Gasteiger partial charge in [-0.05, 0) is 26.7 Å². The van der Waals surface area contributed by atoms with Crippen LogP contribution in [-0.2, 0) is 10.0 Å². The van der Waals surface area contributed by atoms with Crippen molar-refractivity contribution in [3.05, 3.63) is 11.3 Å². The average Bonchev–Trinajstić information content (AvgIpc) is 1.92. The standard InChI is InChI=1S/C8H15NO2S/c1-7-5-4-6-9(8(7)2)12(3,10)11/h4-6H2,1-3H3. The monoisotopic (exact) mass is 189 g/mol. The van der Waals surface area contributed by atoms with E-state index >= 15 is 0 Å². The van der Waals surface area contributed by atoms with E-state index in [1.807, 2.05) is 13.8 Å². The van der Waals surface area contributed by atoms with Crippen LogP contribution in [0.2, 0.25) is 0 Å². The van der Waals surface area contributed by atoms with Crippen LogP contribution < -0.4 is 0 Å². The molecule has 0 bridgehead atoms. The average molecular weight is 189 g/mol. The minimum absolute atomic E-state index is 0.641. The van der Waals surface area contributed by atoms with E-state index in [4.69, 9.17) is 0 Å². The fourth-order valence-electron chi connectivity index (χ4n) is 1.46. The molecule has 3 nitrogen and oxygen atoms in total. The molecular formula is C8H15NO2S. The summed E-state index contributed by atoms with van der Waals surface area (Å²) in [5, 5.41) is 0. The first-order chi connectivity index (χ1) is 5.43. The molecule has 0 unspecified atom stereocenters. The summed E-state index contributed by atoms with van der Waals surface area (Å²) in [6.07, 6.45) is 3.23. The van der Waals surface area contributed by atoms with Crippen molar-refractivity contribution in [2.45, 2.75) is 26.7 Å². The van der Waals surface area contributed by atoms with Crippen molar-refractivity contribution in [2.75, 3.05) is 12.8 Å². The number of hydrogen-bond donors (Lipinski definition) is 0. The lowest BCUT2D eigenvalue weighted by molar-refractivity contribution is 0.445. The Morgan fingerprint density at radius 1 is 1.33 bits per heavy atom. The number of sulfonamides is 1. The van der Waals surface area contributed by atoms with Crippen LogP contribution in [0.1, 0.15) is 26.7 Å². The summed E-state index contributed by atoms with van der Waals surface area (Å²) in [4.78, 5) is 0. The molecular weight excluding hydrogens is 174 g/mol. The van der Waals surface area contributed by atoms with Gasteiger partial charge < -0.3 is 0 Å². The van der Waals surface area contributed by atoms with Gasteiger partial charge in [0.2, 0.25) is 10.0 Å². The fraction of sp³-hybridized carbons (Fsp3) is 0.750. The summed E-state index contributed by atoms with van der Waals surface area (Å²) in [6, 6.07) is 0. The van der Waals surface area contributed by atoms with Crippen LogP contribution >= 0.6 is 0 Å². The van der Waals surface area contributed by atoms with E-state index in [-0.39, 0.29) is 0 Å². The van der Waals surface area contributed by atoms with E-state index in [0.29, 0.717) is 6.54 Å². The van der Waals surface area contributed by atoms with Crippen LogP contribution in [-0.4, -0.2) is 25.5 Å². The van der Waals surface area contributed by atoms with Crippen molar-refractivity contribution in [1.82, 2.24) is 4.31 Å². The third-order valence-corrected chi connectivity index (χ3v) is 3.56. The Morgan fingerprint density at radius 2 is 1.92 bits per heavy atom. The Bertz CT molecular complexity index is 303. The zero-order valence-corrected chi connectivity index (χ0v) is 8.61. The summed E-state index contributed by atoms with van der Waals surface area (Å²) in [5.41, 5.74) is 2.09. The molecule has 70 valence electrons. The van der Waals surface area contributed by atoms with Crippen LogP contribution in [0.5, 0.6) is 0 Å². The lowest BCUT2D eigenvalue weighted by Crippen LogP contribution is -2.32. The summed E-state index contributed by atoms with van der Waals surface area (Å²) in [7, 11) is -3.03. The molecule has 1 heterocycles. The highest BCUT2D eigenvalue weighted by atomic mass is 32.2. The largest absolute Gasteiger partial charge is 0.275 e. The highest BCUT2D eigenvalue weighted by Crippen LogP contribution is 2.23. The molecule has 0 amide bonds. The maximum atomic E-state index is 11.2. The van der Waals surface area contributed by atoms with E-state index in [1.165, 1.54) is 16.1 Å². The first kappa shape index (κ1) is 9.58. The SMILES string of the molecule is CC1=C(C)N(S(C)(=O)=O)CCC1. The third kappa shape index (κ3) is 1.80. The molecule has 0 N–H and O–H groups in total. The normalized spacial score (nSPS) is 20.1. The molecule has 12 heavy (non-hydrogen) atoms. The van der Waals surface area contributed by atoms with Crippen molar-refractivity contribution in [1.29, 1.82) is 0 Å². The Morgan fingerprint density at radius 3 is 2.33 bits per heavy atom. The van der Waals surface area contributed by atoms with Gasteiger partial charge in [0.15, 0.2) is 0 Å². The van der Waals surface area contributed by atoms with Gasteiger partial charge in [-0.3, -0.25) is 4.31 Å². The van der Waals surface area contributed by atoms with Gasteiger partial charge in [-0.25, -0.2) is 8.42 Å². The Hall–Kier alpha value is -0.510. The molecule has 0 spiro atoms. The first-order valence-electron chi connectivity index (χ1n) is 4.07. The minimum Gasteiger partial charge on any atom is -0.275 e. The molecule has 0 saturated heterocycles. The van der Waals surface area contributed by atoms with Crippen molar-refractivity contribution in [3.8, 4) is 0 Å². The zero-order valence-electron chi connectivity index (χ0n) is 7.79. The molecule has 0 aromatic carbocycles. The van der Waals surface area contributed by atoms with Gasteiger partial charge in [-0.2, -0.15) is 0 Å². The van der Waals surface area contributed by atoms with E-state index in [9.17, 15) is 8.42 Å². The molecule has 0 radical (unpaired) electrons. The molecule has 4 heteroatoms. The van der Waals surface area contributed by atoms with Crippen LogP contribution in [0.25, 0.3) is 0 Å². The molecule has 0 fully saturated rings. The van der Waals surface area contributed by atoms with Gasteiger partial charge in [-0.15, -0.1) is 0 Å². The Balaban J connectivity index is 3.02. The second-order valence-corrected chi connectivity index (χ2v) is 5.21. The second kappa shape index (κ2) is 3.09. The topological polar surface area (TPSA) is 37.4 Å². The summed E-state index contributed by atoms with van der Waals surface area (Å²) < 4.78 is 24.0. The van der Waals surface area contributed by atoms with Gasteiger partial charge in [-0.1, -0.05) is 5.57 Å². The van der Waals surface area contributed by atoms with Gasteiger partial charge >= 0.3 is 0 Å². The predicted octanol–water partition coefficient (Wildman–Crippen LogP) is 1.34. The molecule has 1 aliphatic heterocycles. The number of hydrogen-bond acceptors (Lipinski definition) is 2. The lowest BCUT2D eigenvalue weighted by atomic mass is 10.1. The first-order valence-corrected chi connectivity index (χ1v) is 5.92. The van der Waals surface area contributed by atoms with Crippen molar-refractivity contribution < 1.29 is 8.42 Å². The van der Waals surface area contributed by atoms with Crippen molar-refractivity contribution >= 4 is 10.0 Å². The van der Waals surface area contributed by atoms with Crippen LogP contribution in [0.15, 0.2) is 11.3 Å². The number of nitrogens with zero attached hydrogens (tertiary/aromatic N) is 1. The van der Waals surface area contributed by atoms with Gasteiger partial charge in [0.05, 0.1) is 6.26 Å². The molecule has 0 atom stereocenters. The van der Waals surface area contributed by atoms with Crippen LogP contribution in [0.4, 0.5) is 0 Å². The van der Waals surface area contributed by atoms with Gasteiger partial charge in [0.1, 0.15) is 0 Å². The minimum atomic E-state index is -3.03. The maximum Gasteiger partial charge on any atom is 0.231 e. The maximum absolute atomic E-state index is 11.2. The molecule has 0 aromatic rings. The smallest absolute Gasteiger partial charge is 0.231 e. The van der Waals surface area contributed by atoms with Crippen molar-refractivity contribution in [3.63, 3.8) is 0 Å². The molecule has 1 aliphatic rings. The number of allylic oxidation sites excluding steroid dienone is 2. The molecule has 0 saturated carbocycles. The second-order valence-electron chi connectivity index (χ2n) is 3.30. The molecule has 1 rings (SSSR count). The molecule has 0 aromatic heterocycles. The van der Waals surface area contributed by atoms with Gasteiger partial charge in [0, 0.05) is 12.2 Å². The van der Waals surface area contributed by atoms with E-state index in [2.05, 4.69) is 0 Å². The Kier molecular flexibility index (Phi) is 2.46. The summed E-state index contributed by atoms with van der Waals surface area (Å²) >= 11 is 0. The van der Waals surface area contributed by atoms with Crippen LogP contribution in [0.3, 0.4) is 0 Å². The highest BCUT2D eigenvalue weighted by molar-refractivity contribution is 7.88. The summed E-state index contributed by atoms with van der Waals surface area (Å²) in [5.74, 6) is 0. The van der Waals surface area contributed by atoms with Gasteiger partial charge in [0.25, 0.3) is 0 Å². The van der Waals surface area contributed by atoms with E-state index in [1.54, 1.807) is 0 Å². The highest BCUT2D eigenvalue weighted by Gasteiger charge is 2.21. The predicted molar refractivity (Wildman–Crippen MR) is 49.2 cm³/mol. The Labute approximate surface area is 74.1 Å². The molecule has 0 aliphatic carbocycles. The van der Waals surface area contributed by atoms with E-state index in [0.717, 1.165) is 18.5 Å². The zero-order chi connectivity index (χ0) is 9.35. The third-order valence-electron chi connectivity index (χ3n) is 2.31. The van der Waals surface area contributed by atoms with Crippen LogP contribution in [0, 0.1) is 0 Å². The van der Waals surface area contributed by atoms with Crippen molar-refractivity contribution in [2.24, 2.45) is 0 Å². The summed E-state index contributed by atoms with van der Waals surface area (Å²) in [6.45, 7) is 4.50.